The lowest BCUT2D eigenvalue weighted by atomic mass is 9.75. The highest BCUT2D eigenvalue weighted by atomic mass is 35.5. The van der Waals surface area contributed by atoms with Crippen molar-refractivity contribution in [1.82, 2.24) is 4.90 Å². The molecule has 9 nitrogen and oxygen atoms in total. The number of anilines is 2. The lowest BCUT2D eigenvalue weighted by molar-refractivity contribution is -0.384. The Morgan fingerprint density at radius 1 is 1.15 bits per heavy atom. The Kier molecular flexibility index (Phi) is 4.07. The Labute approximate surface area is 193 Å². The van der Waals surface area contributed by atoms with E-state index in [0.29, 0.717) is 40.5 Å². The van der Waals surface area contributed by atoms with Crippen molar-refractivity contribution >= 4 is 46.4 Å². The van der Waals surface area contributed by atoms with E-state index < -0.39 is 28.2 Å². The van der Waals surface area contributed by atoms with E-state index in [9.17, 15) is 24.5 Å². The average Bonchev–Trinajstić information content (AvgIpc) is 3.47. The minimum Gasteiger partial charge on any atom is -0.324 e. The minimum atomic E-state index is -1.30. The molecule has 4 atom stereocenters. The van der Waals surface area contributed by atoms with Crippen molar-refractivity contribution in [3.63, 3.8) is 0 Å². The summed E-state index contributed by atoms with van der Waals surface area (Å²) in [7, 11) is 0. The van der Waals surface area contributed by atoms with E-state index in [1.165, 1.54) is 18.2 Å². The Morgan fingerprint density at radius 2 is 1.94 bits per heavy atom. The van der Waals surface area contributed by atoms with Crippen LogP contribution in [0.5, 0.6) is 0 Å². The molecule has 168 valence electrons. The standard InChI is InChI=1S/C23H19ClN4O5/c1-11-9-13(28(32)33)5-7-16(11)27-20(29)18-17-3-2-8-26(17)23(19(18)21(27)30)14-10-12(24)4-6-15(14)25-22(23)31/h4-7,9-10,17-19H,2-3,8H2,1H3,(H,25,31)/t17-,18+,19-,23-/m0/s1. The second kappa shape index (κ2) is 6.61. The number of carbonyl (C=O) groups excluding carboxylic acids is 3. The predicted octanol–water partition coefficient (Wildman–Crippen LogP) is 2.99. The number of halogens is 1. The topological polar surface area (TPSA) is 113 Å². The number of aryl methyl sites for hydroxylation is 1. The first-order valence-electron chi connectivity index (χ1n) is 10.8. The average molecular weight is 467 g/mol. The fraction of sp³-hybridized carbons (Fsp3) is 0.348. The maximum absolute atomic E-state index is 13.9. The number of hydrogen-bond donors (Lipinski definition) is 1. The zero-order valence-electron chi connectivity index (χ0n) is 17.6. The van der Waals surface area contributed by atoms with Crippen molar-refractivity contribution in [2.75, 3.05) is 16.8 Å². The highest BCUT2D eigenvalue weighted by Crippen LogP contribution is 2.61. The number of hydrogen-bond acceptors (Lipinski definition) is 6. The van der Waals surface area contributed by atoms with E-state index in [-0.39, 0.29) is 23.5 Å². The van der Waals surface area contributed by atoms with Crippen molar-refractivity contribution in [3.8, 4) is 0 Å². The molecule has 0 radical (unpaired) electrons. The summed E-state index contributed by atoms with van der Waals surface area (Å²) in [6.07, 6.45) is 1.52. The maximum atomic E-state index is 13.9. The quantitative estimate of drug-likeness (QED) is 0.413. The largest absolute Gasteiger partial charge is 0.324 e. The highest BCUT2D eigenvalue weighted by molar-refractivity contribution is 6.31. The summed E-state index contributed by atoms with van der Waals surface area (Å²) >= 11 is 6.29. The molecule has 3 fully saturated rings. The van der Waals surface area contributed by atoms with E-state index in [1.54, 1.807) is 25.1 Å². The lowest BCUT2D eigenvalue weighted by Crippen LogP contribution is -2.54. The zero-order valence-corrected chi connectivity index (χ0v) is 18.3. The van der Waals surface area contributed by atoms with Crippen molar-refractivity contribution in [1.29, 1.82) is 0 Å². The summed E-state index contributed by atoms with van der Waals surface area (Å²) < 4.78 is 0. The molecule has 6 rings (SSSR count). The molecule has 0 bridgehead atoms. The first-order valence-corrected chi connectivity index (χ1v) is 11.2. The first kappa shape index (κ1) is 20.3. The molecular formula is C23H19ClN4O5. The second-order valence-electron chi connectivity index (χ2n) is 9.06. The molecule has 10 heteroatoms. The number of non-ortho nitro benzene ring substituents is 1. The number of nitrogens with zero attached hydrogens (tertiary/aromatic N) is 3. The van der Waals surface area contributed by atoms with Gasteiger partial charge in [-0.05, 0) is 56.1 Å². The van der Waals surface area contributed by atoms with Crippen LogP contribution < -0.4 is 10.2 Å². The summed E-state index contributed by atoms with van der Waals surface area (Å²) in [5.74, 6) is -2.71. The number of nitro benzene ring substituents is 1. The van der Waals surface area contributed by atoms with E-state index in [4.69, 9.17) is 11.6 Å². The number of benzene rings is 2. The maximum Gasteiger partial charge on any atom is 0.269 e. The van der Waals surface area contributed by atoms with E-state index >= 15 is 0 Å². The molecule has 0 unspecified atom stereocenters. The third-order valence-electron chi connectivity index (χ3n) is 7.59. The monoisotopic (exact) mass is 466 g/mol. The van der Waals surface area contributed by atoms with Gasteiger partial charge in [-0.1, -0.05) is 11.6 Å². The first-order chi connectivity index (χ1) is 15.8. The van der Waals surface area contributed by atoms with Gasteiger partial charge in [-0.3, -0.25) is 29.4 Å². The number of imide groups is 1. The summed E-state index contributed by atoms with van der Waals surface area (Å²) in [6, 6.07) is 8.94. The number of carbonyl (C=O) groups is 3. The van der Waals surface area contributed by atoms with Crippen LogP contribution in [0.25, 0.3) is 0 Å². The van der Waals surface area contributed by atoms with Gasteiger partial charge in [0.1, 0.15) is 5.54 Å². The summed E-state index contributed by atoms with van der Waals surface area (Å²) in [5, 5.41) is 14.5. The van der Waals surface area contributed by atoms with Crippen molar-refractivity contribution in [2.24, 2.45) is 11.8 Å². The van der Waals surface area contributed by atoms with Crippen LogP contribution in [0.2, 0.25) is 5.02 Å². The molecule has 0 saturated carbocycles. The Hall–Kier alpha value is -3.30. The fourth-order valence-electron chi connectivity index (χ4n) is 6.42. The van der Waals surface area contributed by atoms with Crippen molar-refractivity contribution in [3.05, 3.63) is 62.7 Å². The molecular weight excluding hydrogens is 448 g/mol. The van der Waals surface area contributed by atoms with Crippen LogP contribution >= 0.6 is 11.6 Å². The van der Waals surface area contributed by atoms with Gasteiger partial charge < -0.3 is 5.32 Å². The normalized spacial score (nSPS) is 30.1. The molecule has 3 amide bonds. The number of rotatable bonds is 2. The third kappa shape index (κ3) is 2.38. The molecule has 33 heavy (non-hydrogen) atoms. The highest BCUT2D eigenvalue weighted by Gasteiger charge is 2.74. The van der Waals surface area contributed by atoms with Crippen LogP contribution in [-0.2, 0) is 19.9 Å². The Morgan fingerprint density at radius 3 is 2.67 bits per heavy atom. The molecule has 0 aromatic heterocycles. The molecule has 3 saturated heterocycles. The van der Waals surface area contributed by atoms with Gasteiger partial charge in [0.2, 0.25) is 17.7 Å². The van der Waals surface area contributed by atoms with Gasteiger partial charge in [0, 0.05) is 34.4 Å². The number of amides is 3. The molecule has 2 aromatic rings. The fourth-order valence-corrected chi connectivity index (χ4v) is 6.59. The molecule has 4 heterocycles. The van der Waals surface area contributed by atoms with Gasteiger partial charge in [0.25, 0.3) is 5.69 Å². The van der Waals surface area contributed by atoms with Crippen molar-refractivity contribution in [2.45, 2.75) is 31.3 Å². The van der Waals surface area contributed by atoms with Crippen LogP contribution in [0, 0.1) is 28.9 Å². The number of nitro groups is 1. The Balaban J connectivity index is 1.53. The molecule has 4 aliphatic heterocycles. The number of nitrogens with one attached hydrogen (secondary N) is 1. The summed E-state index contributed by atoms with van der Waals surface area (Å²) in [4.78, 5) is 55.0. The van der Waals surface area contributed by atoms with Gasteiger partial charge in [-0.2, -0.15) is 0 Å². The van der Waals surface area contributed by atoms with Crippen LogP contribution in [0.4, 0.5) is 17.1 Å². The SMILES string of the molecule is Cc1cc([N+](=O)[O-])ccc1N1C(=O)[C@H]2[C@@H](C1=O)[C@@]1(C(=O)Nc3ccc(Cl)cc31)N1CCC[C@@H]21. The van der Waals surface area contributed by atoms with Gasteiger partial charge in [-0.25, -0.2) is 4.90 Å². The van der Waals surface area contributed by atoms with Gasteiger partial charge in [0.15, 0.2) is 0 Å². The zero-order chi connectivity index (χ0) is 23.2. The molecule has 4 aliphatic rings. The molecule has 2 aromatic carbocycles. The van der Waals surface area contributed by atoms with Crippen molar-refractivity contribution < 1.29 is 19.3 Å². The van der Waals surface area contributed by atoms with E-state index in [1.807, 2.05) is 4.90 Å². The molecule has 1 spiro atoms. The van der Waals surface area contributed by atoms with Crippen LogP contribution in [-0.4, -0.2) is 40.1 Å². The van der Waals surface area contributed by atoms with Crippen LogP contribution in [0.1, 0.15) is 24.0 Å². The molecule has 1 N–H and O–H groups in total. The molecule has 0 aliphatic carbocycles. The smallest absolute Gasteiger partial charge is 0.269 e. The second-order valence-corrected chi connectivity index (χ2v) is 9.49. The van der Waals surface area contributed by atoms with E-state index in [2.05, 4.69) is 5.32 Å². The summed E-state index contributed by atoms with van der Waals surface area (Å²) in [5.41, 5.74) is 0.566. The van der Waals surface area contributed by atoms with Gasteiger partial charge in [0.05, 0.1) is 22.4 Å². The Bertz CT molecular complexity index is 1300. The lowest BCUT2D eigenvalue weighted by Gasteiger charge is -2.36. The minimum absolute atomic E-state index is 0.118. The van der Waals surface area contributed by atoms with Crippen LogP contribution in [0.3, 0.4) is 0 Å². The van der Waals surface area contributed by atoms with Crippen LogP contribution in [0.15, 0.2) is 36.4 Å². The van der Waals surface area contributed by atoms with E-state index in [0.717, 1.165) is 11.3 Å². The number of fused-ring (bicyclic) bond motifs is 7. The van der Waals surface area contributed by atoms with Gasteiger partial charge in [-0.15, -0.1) is 0 Å². The van der Waals surface area contributed by atoms with Gasteiger partial charge >= 0.3 is 0 Å². The third-order valence-corrected chi connectivity index (χ3v) is 7.82. The summed E-state index contributed by atoms with van der Waals surface area (Å²) in [6.45, 7) is 2.24. The predicted molar refractivity (Wildman–Crippen MR) is 119 cm³/mol.